The molecule has 1 heterocycles. The molecule has 1 aromatic carbocycles. The monoisotopic (exact) mass is 521 g/mol. The molecule has 1 aliphatic carbocycles. The lowest BCUT2D eigenvalue weighted by molar-refractivity contribution is -0.137. The number of methoxy groups -OCH3 is 1. The summed E-state index contributed by atoms with van der Waals surface area (Å²) in [6.07, 6.45) is 0.941. The predicted octanol–water partition coefficient (Wildman–Crippen LogP) is 3.40. The van der Waals surface area contributed by atoms with Gasteiger partial charge >= 0.3 is 6.09 Å². The van der Waals surface area contributed by atoms with Crippen LogP contribution in [0.15, 0.2) is 39.4 Å². The third-order valence-electron chi connectivity index (χ3n) is 6.44. The van der Waals surface area contributed by atoms with Crippen LogP contribution in [0.5, 0.6) is 5.75 Å². The molecule has 1 aliphatic heterocycles. The number of hydrogen-bond donors (Lipinski definition) is 3. The number of imide groups is 3. The highest BCUT2D eigenvalue weighted by Gasteiger charge is 2.56. The first-order valence-electron chi connectivity index (χ1n) is 10.7. The van der Waals surface area contributed by atoms with Gasteiger partial charge in [-0.2, -0.15) is 4.90 Å². The number of hydrogen-bond acceptors (Lipinski definition) is 7. The molecule has 9 heteroatoms. The summed E-state index contributed by atoms with van der Waals surface area (Å²) in [5.74, 6) is -3.61. The second-order valence-corrected chi connectivity index (χ2v) is 9.51. The molecular weight excluding hydrogens is 494 g/mol. The van der Waals surface area contributed by atoms with E-state index < -0.39 is 48.4 Å². The Morgan fingerprint density at radius 2 is 2.03 bits per heavy atom. The number of aromatic hydroxyl groups is 1. The van der Waals surface area contributed by atoms with Crippen LogP contribution in [-0.4, -0.2) is 57.9 Å². The van der Waals surface area contributed by atoms with E-state index in [1.54, 1.807) is 25.1 Å². The number of fused-ring (bicyclic) bond motifs is 1. The van der Waals surface area contributed by atoms with E-state index in [9.17, 15) is 29.7 Å². The standard InChI is InChI=1S/C24H28BrNO7/c1-12(8-14-10-15(25)5-7-18(14)28)4-6-19(29)20-13(2)9-16-21(17(20)11-27)23(31)26(22(16)30)24(32)33-3/h5,7-8,10,16-17,19,21,27-29H,4,6,9,11H2,1-3H3/b12-8+/t16-,17+,19-,21-/m1/s1. The summed E-state index contributed by atoms with van der Waals surface area (Å²) in [6, 6.07) is 5.12. The van der Waals surface area contributed by atoms with Gasteiger partial charge in [-0.15, -0.1) is 0 Å². The Kier molecular flexibility index (Phi) is 7.76. The van der Waals surface area contributed by atoms with Crippen molar-refractivity contribution in [1.29, 1.82) is 0 Å². The molecule has 0 bridgehead atoms. The molecule has 2 aliphatic rings. The van der Waals surface area contributed by atoms with Crippen molar-refractivity contribution in [3.8, 4) is 5.75 Å². The molecule has 0 saturated carbocycles. The van der Waals surface area contributed by atoms with Crippen molar-refractivity contribution < 1.29 is 34.4 Å². The molecule has 0 radical (unpaired) electrons. The molecule has 33 heavy (non-hydrogen) atoms. The maximum Gasteiger partial charge on any atom is 0.423 e. The van der Waals surface area contributed by atoms with Gasteiger partial charge in [-0.3, -0.25) is 9.59 Å². The molecule has 178 valence electrons. The van der Waals surface area contributed by atoms with E-state index in [1.165, 1.54) is 0 Å². The average molecular weight is 522 g/mol. The van der Waals surface area contributed by atoms with Crippen molar-refractivity contribution in [2.24, 2.45) is 17.8 Å². The van der Waals surface area contributed by atoms with Crippen LogP contribution in [0.4, 0.5) is 4.79 Å². The summed E-state index contributed by atoms with van der Waals surface area (Å²) in [6.45, 7) is 3.24. The van der Waals surface area contributed by atoms with Crippen molar-refractivity contribution in [2.45, 2.75) is 39.2 Å². The SMILES string of the molecule is COC(=O)N1C(=O)[C@@H]2[C@@H](CC(C)=C([C@H](O)CC/C(C)=C/c3cc(Br)ccc3O)[C@@H]2CO)C1=O. The molecule has 1 aromatic rings. The minimum atomic E-state index is -1.03. The number of ether oxygens (including phenoxy) is 1. The maximum atomic E-state index is 12.9. The molecule has 3 N–H and O–H groups in total. The number of aliphatic hydroxyl groups is 2. The van der Waals surface area contributed by atoms with E-state index in [0.29, 0.717) is 28.9 Å². The van der Waals surface area contributed by atoms with E-state index in [4.69, 9.17) is 0 Å². The molecule has 1 saturated heterocycles. The van der Waals surface area contributed by atoms with Crippen LogP contribution in [-0.2, 0) is 14.3 Å². The topological polar surface area (TPSA) is 124 Å². The molecule has 1 fully saturated rings. The quantitative estimate of drug-likeness (QED) is 0.387. The Morgan fingerprint density at radius 3 is 2.67 bits per heavy atom. The van der Waals surface area contributed by atoms with Crippen LogP contribution in [0, 0.1) is 17.8 Å². The number of halogens is 1. The van der Waals surface area contributed by atoms with E-state index in [0.717, 1.165) is 22.7 Å². The summed E-state index contributed by atoms with van der Waals surface area (Å²) in [4.78, 5) is 38.0. The second kappa shape index (κ2) is 10.2. The van der Waals surface area contributed by atoms with Crippen LogP contribution in [0.1, 0.15) is 38.7 Å². The number of rotatable bonds is 6. The average Bonchev–Trinajstić information content (AvgIpc) is 3.02. The number of carbonyl (C=O) groups is 3. The van der Waals surface area contributed by atoms with Gasteiger partial charge < -0.3 is 20.1 Å². The van der Waals surface area contributed by atoms with Crippen LogP contribution in [0.2, 0.25) is 0 Å². The Morgan fingerprint density at radius 1 is 1.33 bits per heavy atom. The first-order valence-corrected chi connectivity index (χ1v) is 11.5. The molecule has 4 atom stereocenters. The van der Waals surface area contributed by atoms with Crippen molar-refractivity contribution in [2.75, 3.05) is 13.7 Å². The van der Waals surface area contributed by atoms with Gasteiger partial charge in [0.15, 0.2) is 0 Å². The number of phenols is 1. The molecule has 8 nitrogen and oxygen atoms in total. The number of allylic oxidation sites excluding steroid dienone is 2. The normalized spacial score (nSPS) is 24.2. The molecule has 0 aromatic heterocycles. The zero-order valence-corrected chi connectivity index (χ0v) is 20.3. The summed E-state index contributed by atoms with van der Waals surface area (Å²) >= 11 is 3.38. The lowest BCUT2D eigenvalue weighted by atomic mass is 9.68. The lowest BCUT2D eigenvalue weighted by Gasteiger charge is -2.35. The van der Waals surface area contributed by atoms with Gasteiger partial charge in [0.05, 0.1) is 31.7 Å². The van der Waals surface area contributed by atoms with Gasteiger partial charge in [0.1, 0.15) is 5.75 Å². The Hall–Kier alpha value is -2.49. The Labute approximate surface area is 200 Å². The fourth-order valence-corrected chi connectivity index (χ4v) is 5.27. The largest absolute Gasteiger partial charge is 0.507 e. The van der Waals surface area contributed by atoms with Crippen LogP contribution < -0.4 is 0 Å². The summed E-state index contributed by atoms with van der Waals surface area (Å²) in [7, 11) is 1.09. The zero-order chi connectivity index (χ0) is 24.4. The number of nitrogens with zero attached hydrogens (tertiary/aromatic N) is 1. The van der Waals surface area contributed by atoms with Gasteiger partial charge in [0, 0.05) is 16.0 Å². The van der Waals surface area contributed by atoms with Gasteiger partial charge in [0.2, 0.25) is 11.8 Å². The van der Waals surface area contributed by atoms with Gasteiger partial charge in [-0.05, 0) is 56.9 Å². The molecule has 3 rings (SSSR count). The summed E-state index contributed by atoms with van der Waals surface area (Å²) in [5.41, 5.74) is 2.86. The minimum absolute atomic E-state index is 0.148. The van der Waals surface area contributed by atoms with Gasteiger partial charge in [-0.1, -0.05) is 33.2 Å². The fourth-order valence-electron chi connectivity index (χ4n) is 4.89. The minimum Gasteiger partial charge on any atom is -0.507 e. The molecule has 0 unspecified atom stereocenters. The molecular formula is C24H28BrNO7. The predicted molar refractivity (Wildman–Crippen MR) is 124 cm³/mol. The number of amides is 3. The van der Waals surface area contributed by atoms with Crippen LogP contribution in [0.25, 0.3) is 6.08 Å². The third-order valence-corrected chi connectivity index (χ3v) is 6.94. The van der Waals surface area contributed by atoms with Gasteiger partial charge in [-0.25, -0.2) is 4.79 Å². The highest BCUT2D eigenvalue weighted by molar-refractivity contribution is 9.10. The van der Waals surface area contributed by atoms with E-state index in [1.807, 2.05) is 13.0 Å². The van der Waals surface area contributed by atoms with Crippen LogP contribution >= 0.6 is 15.9 Å². The van der Waals surface area contributed by atoms with Crippen molar-refractivity contribution in [3.63, 3.8) is 0 Å². The zero-order valence-electron chi connectivity index (χ0n) is 18.7. The number of benzene rings is 1. The second-order valence-electron chi connectivity index (χ2n) is 8.59. The Balaban J connectivity index is 1.79. The van der Waals surface area contributed by atoms with Crippen molar-refractivity contribution in [3.05, 3.63) is 45.0 Å². The van der Waals surface area contributed by atoms with Crippen molar-refractivity contribution >= 4 is 39.9 Å². The molecule has 0 spiro atoms. The summed E-state index contributed by atoms with van der Waals surface area (Å²) < 4.78 is 5.41. The lowest BCUT2D eigenvalue weighted by Crippen LogP contribution is -2.39. The highest BCUT2D eigenvalue weighted by Crippen LogP contribution is 2.46. The first kappa shape index (κ1) is 25.1. The summed E-state index contributed by atoms with van der Waals surface area (Å²) in [5, 5.41) is 31.1. The number of aliphatic hydroxyl groups excluding tert-OH is 2. The van der Waals surface area contributed by atoms with E-state index in [2.05, 4.69) is 20.7 Å². The van der Waals surface area contributed by atoms with E-state index >= 15 is 0 Å². The highest BCUT2D eigenvalue weighted by atomic mass is 79.9. The fraction of sp³-hybridized carbons (Fsp3) is 0.458. The smallest absolute Gasteiger partial charge is 0.423 e. The number of carbonyl (C=O) groups excluding carboxylic acids is 3. The molecule has 3 amide bonds. The number of phenolic OH excluding ortho intramolecular Hbond substituents is 1. The number of likely N-dealkylation sites (tertiary alicyclic amines) is 1. The first-order chi connectivity index (χ1) is 15.6. The maximum absolute atomic E-state index is 12.9. The third kappa shape index (κ3) is 4.90. The van der Waals surface area contributed by atoms with Crippen LogP contribution in [0.3, 0.4) is 0 Å². The van der Waals surface area contributed by atoms with E-state index in [-0.39, 0.29) is 12.2 Å². The van der Waals surface area contributed by atoms with Gasteiger partial charge in [0.25, 0.3) is 0 Å². The van der Waals surface area contributed by atoms with Crippen molar-refractivity contribution in [1.82, 2.24) is 4.90 Å². The Bertz CT molecular complexity index is 1030.